The lowest BCUT2D eigenvalue weighted by Crippen LogP contribution is -2.27. The summed E-state index contributed by atoms with van der Waals surface area (Å²) < 4.78 is 7.31. The molecule has 0 aliphatic heterocycles. The second-order valence-electron chi connectivity index (χ2n) is 9.28. The summed E-state index contributed by atoms with van der Waals surface area (Å²) in [5.41, 5.74) is 2.51. The lowest BCUT2D eigenvalue weighted by atomic mass is 9.86. The molecule has 1 amide bonds. The first-order chi connectivity index (χ1) is 14.9. The van der Waals surface area contributed by atoms with Crippen LogP contribution in [0.5, 0.6) is 0 Å². The Balaban J connectivity index is 1.77. The molecule has 1 fully saturated rings. The highest BCUT2D eigenvalue weighted by atomic mass is 32.2. The molecule has 0 unspecified atom stereocenters. The minimum absolute atomic E-state index is 0.0235. The molecule has 0 saturated heterocycles. The number of thioether (sulfide) groups is 1. The average Bonchev–Trinajstić information content (AvgIpc) is 3.19. The molecule has 1 aliphatic carbocycles. The Kier molecular flexibility index (Phi) is 8.55. The summed E-state index contributed by atoms with van der Waals surface area (Å²) in [5.74, 6) is 1.28. The second kappa shape index (κ2) is 11.1. The number of nitrogens with one attached hydrogen (secondary N) is 1. The first-order valence-electron chi connectivity index (χ1n) is 11.3. The first-order valence-corrected chi connectivity index (χ1v) is 12.3. The number of carbonyl (C=O) groups is 1. The highest BCUT2D eigenvalue weighted by Crippen LogP contribution is 2.36. The van der Waals surface area contributed by atoms with Crippen LogP contribution in [0, 0.1) is 0 Å². The van der Waals surface area contributed by atoms with Gasteiger partial charge in [0.2, 0.25) is 5.91 Å². The van der Waals surface area contributed by atoms with Gasteiger partial charge in [-0.15, -0.1) is 10.2 Å². The Bertz CT molecular complexity index is 836. The number of benzene rings is 1. The van der Waals surface area contributed by atoms with Crippen molar-refractivity contribution in [2.45, 2.75) is 75.9 Å². The van der Waals surface area contributed by atoms with Crippen molar-refractivity contribution in [1.29, 1.82) is 0 Å². The van der Waals surface area contributed by atoms with Crippen molar-refractivity contribution in [2.75, 3.05) is 26.0 Å². The largest absolute Gasteiger partial charge is 0.385 e. The normalized spacial score (nSPS) is 15.2. The van der Waals surface area contributed by atoms with Crippen molar-refractivity contribution in [2.24, 2.45) is 0 Å². The summed E-state index contributed by atoms with van der Waals surface area (Å²) in [5, 5.41) is 12.8. The topological polar surface area (TPSA) is 69.0 Å². The van der Waals surface area contributed by atoms with Crippen LogP contribution in [0.15, 0.2) is 29.4 Å². The molecule has 0 radical (unpaired) electrons. The molecular formula is C24H36N4O2S. The van der Waals surface area contributed by atoms with E-state index in [1.165, 1.54) is 36.6 Å². The van der Waals surface area contributed by atoms with Crippen LogP contribution in [0.1, 0.15) is 70.9 Å². The van der Waals surface area contributed by atoms with Crippen molar-refractivity contribution in [1.82, 2.24) is 20.1 Å². The van der Waals surface area contributed by atoms with Gasteiger partial charge < -0.3 is 10.1 Å². The van der Waals surface area contributed by atoms with Crippen LogP contribution >= 0.6 is 11.8 Å². The minimum Gasteiger partial charge on any atom is -0.385 e. The Hall–Kier alpha value is -1.86. The molecule has 1 N–H and O–H groups in total. The molecule has 0 atom stereocenters. The van der Waals surface area contributed by atoms with E-state index in [0.29, 0.717) is 24.9 Å². The van der Waals surface area contributed by atoms with Gasteiger partial charge in [-0.05, 0) is 30.2 Å². The second-order valence-corrected chi connectivity index (χ2v) is 10.2. The summed E-state index contributed by atoms with van der Waals surface area (Å²) in [4.78, 5) is 12.2. The van der Waals surface area contributed by atoms with E-state index in [0.717, 1.165) is 35.8 Å². The van der Waals surface area contributed by atoms with Crippen LogP contribution < -0.4 is 5.32 Å². The van der Waals surface area contributed by atoms with Crippen molar-refractivity contribution in [3.05, 3.63) is 29.8 Å². The number of hydrogen-bond acceptors (Lipinski definition) is 5. The molecule has 1 heterocycles. The smallest absolute Gasteiger partial charge is 0.230 e. The van der Waals surface area contributed by atoms with Gasteiger partial charge in [-0.3, -0.25) is 9.36 Å². The van der Waals surface area contributed by atoms with Gasteiger partial charge in [0, 0.05) is 31.9 Å². The Morgan fingerprint density at radius 2 is 1.87 bits per heavy atom. The lowest BCUT2D eigenvalue weighted by molar-refractivity contribution is -0.118. The number of aromatic nitrogens is 3. The molecular weight excluding hydrogens is 408 g/mol. The third-order valence-electron chi connectivity index (χ3n) is 5.79. The summed E-state index contributed by atoms with van der Waals surface area (Å²) in [6, 6.07) is 9.08. The van der Waals surface area contributed by atoms with Gasteiger partial charge in [0.05, 0.1) is 5.75 Å². The third kappa shape index (κ3) is 6.56. The fourth-order valence-corrected chi connectivity index (χ4v) is 4.82. The Morgan fingerprint density at radius 1 is 1.16 bits per heavy atom. The summed E-state index contributed by atoms with van der Waals surface area (Å²) in [6.07, 6.45) is 6.86. The minimum atomic E-state index is 0.0235. The number of rotatable bonds is 9. The highest BCUT2D eigenvalue weighted by Gasteiger charge is 2.24. The van der Waals surface area contributed by atoms with E-state index in [1.807, 2.05) is 0 Å². The molecule has 6 nitrogen and oxygen atoms in total. The fourth-order valence-electron chi connectivity index (χ4n) is 3.99. The number of amides is 1. The fraction of sp³-hybridized carbons (Fsp3) is 0.625. The molecule has 1 aromatic heterocycles. The van der Waals surface area contributed by atoms with Crippen LogP contribution in [-0.2, 0) is 14.9 Å². The summed E-state index contributed by atoms with van der Waals surface area (Å²) in [6.45, 7) is 7.96. The SMILES string of the molecule is COCCCNC(=O)CSc1nnc(-c2ccc(C(C)(C)C)cc2)n1C1CCCCC1. The van der Waals surface area contributed by atoms with E-state index in [9.17, 15) is 4.79 Å². The van der Waals surface area contributed by atoms with Crippen molar-refractivity contribution >= 4 is 17.7 Å². The molecule has 31 heavy (non-hydrogen) atoms. The zero-order valence-corrected chi connectivity index (χ0v) is 20.1. The van der Waals surface area contributed by atoms with Crippen molar-refractivity contribution < 1.29 is 9.53 Å². The van der Waals surface area contributed by atoms with Gasteiger partial charge in [-0.2, -0.15) is 0 Å². The molecule has 1 saturated carbocycles. The number of methoxy groups -OCH3 is 1. The number of carbonyl (C=O) groups excluding carboxylic acids is 1. The van der Waals surface area contributed by atoms with Crippen LogP contribution in [0.2, 0.25) is 0 Å². The van der Waals surface area contributed by atoms with Crippen LogP contribution in [0.4, 0.5) is 0 Å². The Labute approximate surface area is 190 Å². The van der Waals surface area contributed by atoms with Gasteiger partial charge in [0.15, 0.2) is 11.0 Å². The average molecular weight is 445 g/mol. The molecule has 3 rings (SSSR count). The molecule has 2 aromatic rings. The lowest BCUT2D eigenvalue weighted by Gasteiger charge is -2.26. The quantitative estimate of drug-likeness (QED) is 0.436. The molecule has 1 aromatic carbocycles. The van der Waals surface area contributed by atoms with Gasteiger partial charge in [0.1, 0.15) is 0 Å². The zero-order valence-electron chi connectivity index (χ0n) is 19.3. The predicted molar refractivity (Wildman–Crippen MR) is 127 cm³/mol. The van der Waals surface area contributed by atoms with E-state index in [4.69, 9.17) is 4.74 Å². The molecule has 0 bridgehead atoms. The van der Waals surface area contributed by atoms with Crippen molar-refractivity contribution in [3.8, 4) is 11.4 Å². The molecule has 170 valence electrons. The predicted octanol–water partition coefficient (Wildman–Crippen LogP) is 4.99. The van der Waals surface area contributed by atoms with E-state index in [2.05, 4.69) is 65.1 Å². The van der Waals surface area contributed by atoms with Gasteiger partial charge >= 0.3 is 0 Å². The Morgan fingerprint density at radius 3 is 2.52 bits per heavy atom. The maximum atomic E-state index is 12.2. The molecule has 0 spiro atoms. The standard InChI is InChI=1S/C24H36N4O2S/c1-24(2,3)19-13-11-18(12-14-19)22-26-27-23(28(22)20-9-6-5-7-10-20)31-17-21(29)25-15-8-16-30-4/h11-14,20H,5-10,15-17H2,1-4H3,(H,25,29). The van der Waals surface area contributed by atoms with Crippen LogP contribution in [0.25, 0.3) is 11.4 Å². The maximum absolute atomic E-state index is 12.2. The first kappa shape index (κ1) is 23.8. The molecule has 7 heteroatoms. The van der Waals surface area contributed by atoms with E-state index < -0.39 is 0 Å². The summed E-state index contributed by atoms with van der Waals surface area (Å²) >= 11 is 1.48. The number of nitrogens with zero attached hydrogens (tertiary/aromatic N) is 3. The van der Waals surface area contributed by atoms with Gasteiger partial charge in [-0.1, -0.05) is 76.1 Å². The van der Waals surface area contributed by atoms with E-state index in [1.54, 1.807) is 7.11 Å². The zero-order chi connectivity index (χ0) is 22.3. The van der Waals surface area contributed by atoms with E-state index >= 15 is 0 Å². The monoisotopic (exact) mass is 444 g/mol. The maximum Gasteiger partial charge on any atom is 0.230 e. The number of ether oxygens (including phenoxy) is 1. The molecule has 1 aliphatic rings. The highest BCUT2D eigenvalue weighted by molar-refractivity contribution is 7.99. The third-order valence-corrected chi connectivity index (χ3v) is 6.74. The van der Waals surface area contributed by atoms with Gasteiger partial charge in [0.25, 0.3) is 0 Å². The van der Waals surface area contributed by atoms with Crippen LogP contribution in [0.3, 0.4) is 0 Å². The summed E-state index contributed by atoms with van der Waals surface area (Å²) in [7, 11) is 1.67. The van der Waals surface area contributed by atoms with Gasteiger partial charge in [-0.25, -0.2) is 0 Å². The van der Waals surface area contributed by atoms with Crippen LogP contribution in [-0.4, -0.2) is 46.7 Å². The van der Waals surface area contributed by atoms with E-state index in [-0.39, 0.29) is 11.3 Å². The van der Waals surface area contributed by atoms with Crippen molar-refractivity contribution in [3.63, 3.8) is 0 Å². The number of hydrogen-bond donors (Lipinski definition) is 1.